The van der Waals surface area contributed by atoms with E-state index in [9.17, 15) is 4.79 Å². The van der Waals surface area contributed by atoms with Gasteiger partial charge in [0.2, 0.25) is 11.8 Å². The highest BCUT2D eigenvalue weighted by atomic mass is 32.2. The number of esters is 1. The van der Waals surface area contributed by atoms with Gasteiger partial charge >= 0.3 is 5.97 Å². The second kappa shape index (κ2) is 5.84. The minimum atomic E-state index is -0.319. The van der Waals surface area contributed by atoms with Crippen LogP contribution in [0.5, 0.6) is 11.8 Å². The van der Waals surface area contributed by atoms with Crippen LogP contribution in [0.25, 0.3) is 0 Å². The molecule has 0 aliphatic carbocycles. The summed E-state index contributed by atoms with van der Waals surface area (Å²) in [5.74, 6) is 0.483. The average molecular weight is 318 g/mol. The number of aromatic nitrogens is 2. The predicted molar refractivity (Wildman–Crippen MR) is 79.5 cm³/mol. The van der Waals surface area contributed by atoms with E-state index in [0.717, 1.165) is 10.5 Å². The molecule has 0 N–H and O–H groups in total. The van der Waals surface area contributed by atoms with Crippen LogP contribution in [0.1, 0.15) is 28.9 Å². The quantitative estimate of drug-likeness (QED) is 0.634. The number of benzene rings is 1. The molecule has 1 atom stereocenters. The first-order valence-corrected chi connectivity index (χ1v) is 7.43. The van der Waals surface area contributed by atoms with Crippen molar-refractivity contribution >= 4 is 17.7 Å². The van der Waals surface area contributed by atoms with Crippen molar-refractivity contribution in [1.29, 1.82) is 0 Å². The van der Waals surface area contributed by atoms with Crippen molar-refractivity contribution in [3.8, 4) is 11.8 Å². The fraction of sp³-hybridized carbons (Fsp3) is 0.267. The Kier molecular flexibility index (Phi) is 3.89. The Hall–Kier alpha value is -2.28. The number of cyclic esters (lactones) is 1. The van der Waals surface area contributed by atoms with Crippen LogP contribution in [0.15, 0.2) is 34.3 Å². The molecule has 0 bridgehead atoms. The Morgan fingerprint density at radius 2 is 1.86 bits per heavy atom. The van der Waals surface area contributed by atoms with Crippen LogP contribution in [0, 0.1) is 0 Å². The molecule has 114 valence electrons. The highest BCUT2D eigenvalue weighted by Crippen LogP contribution is 2.38. The van der Waals surface area contributed by atoms with Crippen molar-refractivity contribution in [1.82, 2.24) is 9.97 Å². The zero-order valence-electron chi connectivity index (χ0n) is 12.3. The number of rotatable bonds is 4. The third-order valence-electron chi connectivity index (χ3n) is 3.26. The molecule has 6 nitrogen and oxygen atoms in total. The van der Waals surface area contributed by atoms with Gasteiger partial charge in [0, 0.05) is 10.5 Å². The van der Waals surface area contributed by atoms with Gasteiger partial charge in [0.05, 0.1) is 25.8 Å². The van der Waals surface area contributed by atoms with Crippen LogP contribution in [-0.2, 0) is 4.74 Å². The van der Waals surface area contributed by atoms with Gasteiger partial charge in [-0.1, -0.05) is 12.1 Å². The lowest BCUT2D eigenvalue weighted by Crippen LogP contribution is -1.99. The number of carbonyl (C=O) groups is 1. The molecule has 1 aromatic carbocycles. The van der Waals surface area contributed by atoms with E-state index >= 15 is 0 Å². The third-order valence-corrected chi connectivity index (χ3v) is 4.19. The van der Waals surface area contributed by atoms with E-state index in [1.807, 2.05) is 25.1 Å². The molecule has 2 heterocycles. The maximum absolute atomic E-state index is 12.0. The number of hydrogen-bond acceptors (Lipinski definition) is 7. The monoisotopic (exact) mass is 318 g/mol. The molecule has 7 heteroatoms. The fourth-order valence-corrected chi connectivity index (χ4v) is 3.13. The first-order chi connectivity index (χ1) is 10.6. The minimum Gasteiger partial charge on any atom is -0.481 e. The molecule has 1 aromatic heterocycles. The number of methoxy groups -OCH3 is 2. The fourth-order valence-electron chi connectivity index (χ4n) is 2.21. The van der Waals surface area contributed by atoms with Crippen LogP contribution in [0.3, 0.4) is 0 Å². The van der Waals surface area contributed by atoms with Gasteiger partial charge in [0.25, 0.3) is 0 Å². The number of fused-ring (bicyclic) bond motifs is 1. The lowest BCUT2D eigenvalue weighted by Gasteiger charge is -2.07. The second-order valence-corrected chi connectivity index (χ2v) is 5.61. The van der Waals surface area contributed by atoms with Crippen LogP contribution in [-0.4, -0.2) is 30.2 Å². The number of hydrogen-bond donors (Lipinski definition) is 0. The van der Waals surface area contributed by atoms with Gasteiger partial charge in [0.1, 0.15) is 6.10 Å². The molecule has 0 radical (unpaired) electrons. The van der Waals surface area contributed by atoms with Gasteiger partial charge in [-0.2, -0.15) is 9.97 Å². The summed E-state index contributed by atoms with van der Waals surface area (Å²) in [6.45, 7) is 1.85. The van der Waals surface area contributed by atoms with Crippen LogP contribution in [0.4, 0.5) is 0 Å². The van der Waals surface area contributed by atoms with Gasteiger partial charge < -0.3 is 14.2 Å². The van der Waals surface area contributed by atoms with Crippen molar-refractivity contribution in [3.63, 3.8) is 0 Å². The number of nitrogens with zero attached hydrogens (tertiary/aromatic N) is 2. The van der Waals surface area contributed by atoms with Gasteiger partial charge in [-0.25, -0.2) is 4.79 Å². The SMILES string of the molecule is COc1cc(OC)nc(Sc2cccc3c2C(=O)O[C@@H]3C)n1. The molecule has 1 aliphatic heterocycles. The van der Waals surface area contributed by atoms with E-state index < -0.39 is 0 Å². The average Bonchev–Trinajstić information content (AvgIpc) is 2.82. The zero-order chi connectivity index (χ0) is 15.7. The molecule has 0 saturated carbocycles. The standard InChI is InChI=1S/C15H14N2O4S/c1-8-9-5-4-6-10(13(9)14(18)21-8)22-15-16-11(19-2)7-12(17-15)20-3/h4-8H,1-3H3/t8-/m1/s1. The maximum Gasteiger partial charge on any atom is 0.340 e. The van der Waals surface area contributed by atoms with E-state index in [4.69, 9.17) is 14.2 Å². The Morgan fingerprint density at radius 1 is 1.18 bits per heavy atom. The van der Waals surface area contributed by atoms with Crippen LogP contribution < -0.4 is 9.47 Å². The van der Waals surface area contributed by atoms with Gasteiger partial charge in [0.15, 0.2) is 5.16 Å². The van der Waals surface area contributed by atoms with Crippen molar-refractivity contribution in [2.24, 2.45) is 0 Å². The maximum atomic E-state index is 12.0. The summed E-state index contributed by atoms with van der Waals surface area (Å²) in [6, 6.07) is 7.22. The Morgan fingerprint density at radius 3 is 2.50 bits per heavy atom. The summed E-state index contributed by atoms with van der Waals surface area (Å²) in [5.41, 5.74) is 1.45. The molecule has 0 saturated heterocycles. The van der Waals surface area contributed by atoms with Gasteiger partial charge in [-0.05, 0) is 24.8 Å². The highest BCUT2D eigenvalue weighted by Gasteiger charge is 2.30. The summed E-state index contributed by atoms with van der Waals surface area (Å²) in [4.78, 5) is 21.3. The molecular weight excluding hydrogens is 304 g/mol. The molecule has 1 aliphatic rings. The van der Waals surface area contributed by atoms with Gasteiger partial charge in [-0.15, -0.1) is 0 Å². The van der Waals surface area contributed by atoms with E-state index in [2.05, 4.69) is 9.97 Å². The van der Waals surface area contributed by atoms with Crippen LogP contribution >= 0.6 is 11.8 Å². The first kappa shape index (κ1) is 14.6. The zero-order valence-corrected chi connectivity index (χ0v) is 13.1. The summed E-state index contributed by atoms with van der Waals surface area (Å²) in [5, 5.41) is 0.442. The summed E-state index contributed by atoms with van der Waals surface area (Å²) in [6.07, 6.45) is -0.233. The van der Waals surface area contributed by atoms with E-state index in [1.165, 1.54) is 26.0 Å². The summed E-state index contributed by atoms with van der Waals surface area (Å²) < 4.78 is 15.5. The molecule has 0 unspecified atom stereocenters. The normalized spacial score (nSPS) is 16.1. The first-order valence-electron chi connectivity index (χ1n) is 6.61. The molecule has 3 rings (SSSR count). The Balaban J connectivity index is 2.00. The molecule has 0 spiro atoms. The molecule has 0 amide bonds. The van der Waals surface area contributed by atoms with Crippen LogP contribution in [0.2, 0.25) is 0 Å². The highest BCUT2D eigenvalue weighted by molar-refractivity contribution is 7.99. The Bertz CT molecular complexity index is 713. The molecule has 22 heavy (non-hydrogen) atoms. The summed E-state index contributed by atoms with van der Waals surface area (Å²) in [7, 11) is 3.05. The lowest BCUT2D eigenvalue weighted by molar-refractivity contribution is 0.0419. The predicted octanol–water partition coefficient (Wildman–Crippen LogP) is 2.88. The lowest BCUT2D eigenvalue weighted by atomic mass is 10.1. The second-order valence-electron chi connectivity index (χ2n) is 4.61. The molecule has 2 aromatic rings. The van der Waals surface area contributed by atoms with Crippen molar-refractivity contribution in [2.75, 3.05) is 14.2 Å². The third kappa shape index (κ3) is 2.59. The smallest absolute Gasteiger partial charge is 0.340 e. The Labute approximate surface area is 131 Å². The topological polar surface area (TPSA) is 70.5 Å². The van der Waals surface area contributed by atoms with E-state index in [-0.39, 0.29) is 12.1 Å². The van der Waals surface area contributed by atoms with E-state index in [1.54, 1.807) is 6.07 Å². The molecular formula is C15H14N2O4S. The van der Waals surface area contributed by atoms with Crippen molar-refractivity contribution in [3.05, 3.63) is 35.4 Å². The number of ether oxygens (including phenoxy) is 3. The van der Waals surface area contributed by atoms with Crippen molar-refractivity contribution < 1.29 is 19.0 Å². The largest absolute Gasteiger partial charge is 0.481 e. The van der Waals surface area contributed by atoms with Gasteiger partial charge in [-0.3, -0.25) is 0 Å². The minimum absolute atomic E-state index is 0.233. The number of carbonyl (C=O) groups excluding carboxylic acids is 1. The molecule has 0 fully saturated rings. The van der Waals surface area contributed by atoms with E-state index in [0.29, 0.717) is 22.5 Å². The van der Waals surface area contributed by atoms with Crippen molar-refractivity contribution in [2.45, 2.75) is 23.1 Å². The summed E-state index contributed by atoms with van der Waals surface area (Å²) >= 11 is 1.27.